The van der Waals surface area contributed by atoms with Gasteiger partial charge in [0.15, 0.2) is 0 Å². The maximum atomic E-state index is 12.1. The number of rotatable bonds is 4. The van der Waals surface area contributed by atoms with Crippen molar-refractivity contribution < 1.29 is 4.79 Å². The topological polar surface area (TPSA) is 52.8 Å². The van der Waals surface area contributed by atoms with E-state index in [1.54, 1.807) is 0 Å². The van der Waals surface area contributed by atoms with Crippen LogP contribution >= 0.6 is 12.2 Å². The van der Waals surface area contributed by atoms with Gasteiger partial charge in [0.25, 0.3) is 0 Å². The van der Waals surface area contributed by atoms with Crippen molar-refractivity contribution in [3.05, 3.63) is 0 Å². The molecule has 0 saturated carbocycles. The Morgan fingerprint density at radius 3 is 2.18 bits per heavy atom. The largest absolute Gasteiger partial charge is 0.392 e. The van der Waals surface area contributed by atoms with Crippen LogP contribution in [-0.2, 0) is 0 Å². The van der Waals surface area contributed by atoms with Gasteiger partial charge in [-0.25, -0.2) is 4.79 Å². The van der Waals surface area contributed by atoms with Crippen molar-refractivity contribution in [3.63, 3.8) is 0 Å². The first kappa shape index (κ1) is 14.2. The third-order valence-corrected chi connectivity index (χ3v) is 3.19. The van der Waals surface area contributed by atoms with Gasteiger partial charge in [0.2, 0.25) is 0 Å². The van der Waals surface area contributed by atoms with E-state index in [0.717, 1.165) is 39.3 Å². The Kier molecular flexibility index (Phi) is 5.64. The molecule has 0 aromatic rings. The SMILES string of the molecule is CCN(CC)C(=O)N1CCN(CC(N)=S)CC1. The molecule has 1 heterocycles. The van der Waals surface area contributed by atoms with Gasteiger partial charge in [-0.2, -0.15) is 0 Å². The van der Waals surface area contributed by atoms with E-state index in [1.165, 1.54) is 0 Å². The summed E-state index contributed by atoms with van der Waals surface area (Å²) >= 11 is 4.88. The highest BCUT2D eigenvalue weighted by molar-refractivity contribution is 7.80. The lowest BCUT2D eigenvalue weighted by Gasteiger charge is -2.36. The van der Waals surface area contributed by atoms with E-state index < -0.39 is 0 Å². The van der Waals surface area contributed by atoms with Gasteiger partial charge in [0.05, 0.1) is 4.99 Å². The summed E-state index contributed by atoms with van der Waals surface area (Å²) in [6.07, 6.45) is 0. The molecule has 1 aliphatic rings. The maximum absolute atomic E-state index is 12.1. The van der Waals surface area contributed by atoms with Gasteiger partial charge < -0.3 is 15.5 Å². The van der Waals surface area contributed by atoms with Gasteiger partial charge >= 0.3 is 6.03 Å². The lowest BCUT2D eigenvalue weighted by atomic mass is 10.3. The molecule has 98 valence electrons. The third-order valence-electron chi connectivity index (χ3n) is 3.06. The third kappa shape index (κ3) is 4.12. The van der Waals surface area contributed by atoms with E-state index in [0.29, 0.717) is 11.5 Å². The Balaban J connectivity index is 2.40. The van der Waals surface area contributed by atoms with E-state index >= 15 is 0 Å². The molecule has 0 aromatic heterocycles. The summed E-state index contributed by atoms with van der Waals surface area (Å²) < 4.78 is 0. The molecule has 2 N–H and O–H groups in total. The fraction of sp³-hybridized carbons (Fsp3) is 0.818. The molecule has 6 heteroatoms. The zero-order valence-corrected chi connectivity index (χ0v) is 11.5. The van der Waals surface area contributed by atoms with E-state index in [9.17, 15) is 4.79 Å². The number of urea groups is 1. The van der Waals surface area contributed by atoms with Crippen molar-refractivity contribution >= 4 is 23.2 Å². The van der Waals surface area contributed by atoms with Crippen LogP contribution in [0.15, 0.2) is 0 Å². The standard InChI is InChI=1S/C11H22N4OS/c1-3-14(4-2)11(16)15-7-5-13(6-8-15)9-10(12)17/h3-9H2,1-2H3,(H2,12,17). The van der Waals surface area contributed by atoms with E-state index in [-0.39, 0.29) is 6.03 Å². The molecule has 1 aliphatic heterocycles. The van der Waals surface area contributed by atoms with Crippen molar-refractivity contribution in [2.24, 2.45) is 5.73 Å². The quantitative estimate of drug-likeness (QED) is 0.739. The average molecular weight is 258 g/mol. The molecule has 0 atom stereocenters. The molecular weight excluding hydrogens is 236 g/mol. The van der Waals surface area contributed by atoms with Gasteiger partial charge in [-0.1, -0.05) is 12.2 Å². The summed E-state index contributed by atoms with van der Waals surface area (Å²) in [6.45, 7) is 9.42. The summed E-state index contributed by atoms with van der Waals surface area (Å²) in [5.74, 6) is 0. The average Bonchev–Trinajstić information content (AvgIpc) is 2.30. The molecular formula is C11H22N4OS. The van der Waals surface area contributed by atoms with E-state index in [1.807, 2.05) is 23.6 Å². The molecule has 0 bridgehead atoms. The minimum atomic E-state index is 0.143. The fourth-order valence-corrected chi connectivity index (χ4v) is 2.19. The predicted molar refractivity (Wildman–Crippen MR) is 73.1 cm³/mol. The second-order valence-electron chi connectivity index (χ2n) is 4.18. The molecule has 0 spiro atoms. The Morgan fingerprint density at radius 2 is 1.76 bits per heavy atom. The number of amides is 2. The smallest absolute Gasteiger partial charge is 0.320 e. The van der Waals surface area contributed by atoms with Crippen LogP contribution in [0.25, 0.3) is 0 Å². The van der Waals surface area contributed by atoms with Crippen molar-refractivity contribution in [2.45, 2.75) is 13.8 Å². The van der Waals surface area contributed by atoms with Gasteiger partial charge in [0, 0.05) is 45.8 Å². The van der Waals surface area contributed by atoms with Crippen LogP contribution in [-0.4, -0.2) is 71.5 Å². The van der Waals surface area contributed by atoms with Crippen molar-refractivity contribution in [3.8, 4) is 0 Å². The van der Waals surface area contributed by atoms with Crippen molar-refractivity contribution in [2.75, 3.05) is 45.8 Å². The molecule has 2 amide bonds. The normalized spacial score (nSPS) is 16.9. The molecule has 0 aliphatic carbocycles. The first-order valence-corrected chi connectivity index (χ1v) is 6.53. The van der Waals surface area contributed by atoms with Gasteiger partial charge in [-0.3, -0.25) is 4.90 Å². The second kappa shape index (κ2) is 6.76. The number of piperazine rings is 1. The van der Waals surface area contributed by atoms with Crippen LogP contribution < -0.4 is 5.73 Å². The van der Waals surface area contributed by atoms with Crippen molar-refractivity contribution in [1.82, 2.24) is 14.7 Å². The van der Waals surface area contributed by atoms with Crippen molar-refractivity contribution in [1.29, 1.82) is 0 Å². The number of nitrogens with two attached hydrogens (primary N) is 1. The fourth-order valence-electron chi connectivity index (χ4n) is 2.01. The van der Waals surface area contributed by atoms with Gasteiger partial charge in [-0.15, -0.1) is 0 Å². The zero-order chi connectivity index (χ0) is 12.8. The highest BCUT2D eigenvalue weighted by Gasteiger charge is 2.23. The number of thiocarbonyl (C=S) groups is 1. The highest BCUT2D eigenvalue weighted by atomic mass is 32.1. The predicted octanol–water partition coefficient (Wildman–Crippen LogP) is 0.352. The Hall–Kier alpha value is -0.880. The number of nitrogens with zero attached hydrogens (tertiary/aromatic N) is 3. The van der Waals surface area contributed by atoms with Crippen LogP contribution in [0.3, 0.4) is 0 Å². The first-order chi connectivity index (χ1) is 8.08. The Labute approximate surface area is 109 Å². The van der Waals surface area contributed by atoms with Crippen LogP contribution in [0.5, 0.6) is 0 Å². The molecule has 0 unspecified atom stereocenters. The lowest BCUT2D eigenvalue weighted by Crippen LogP contribution is -2.53. The summed E-state index contributed by atoms with van der Waals surface area (Å²) in [4.78, 5) is 18.5. The van der Waals surface area contributed by atoms with E-state index in [2.05, 4.69) is 4.90 Å². The minimum absolute atomic E-state index is 0.143. The molecule has 5 nitrogen and oxygen atoms in total. The van der Waals surface area contributed by atoms with Crippen LogP contribution in [0, 0.1) is 0 Å². The highest BCUT2D eigenvalue weighted by Crippen LogP contribution is 2.05. The number of hydrogen-bond acceptors (Lipinski definition) is 3. The molecule has 1 saturated heterocycles. The second-order valence-corrected chi connectivity index (χ2v) is 4.71. The first-order valence-electron chi connectivity index (χ1n) is 6.13. The molecule has 0 aromatic carbocycles. The van der Waals surface area contributed by atoms with Gasteiger partial charge in [-0.05, 0) is 13.8 Å². The molecule has 0 radical (unpaired) electrons. The molecule has 1 fully saturated rings. The number of hydrogen-bond donors (Lipinski definition) is 1. The van der Waals surface area contributed by atoms with E-state index in [4.69, 9.17) is 18.0 Å². The summed E-state index contributed by atoms with van der Waals surface area (Å²) in [6, 6.07) is 0.143. The van der Waals surface area contributed by atoms with Crippen LogP contribution in [0.2, 0.25) is 0 Å². The zero-order valence-electron chi connectivity index (χ0n) is 10.7. The number of carbonyl (C=O) groups excluding carboxylic acids is 1. The lowest BCUT2D eigenvalue weighted by molar-refractivity contribution is 0.122. The van der Waals surface area contributed by atoms with Gasteiger partial charge in [0.1, 0.15) is 0 Å². The minimum Gasteiger partial charge on any atom is -0.392 e. The van der Waals surface area contributed by atoms with Crippen LogP contribution in [0.1, 0.15) is 13.8 Å². The summed E-state index contributed by atoms with van der Waals surface area (Å²) in [5, 5.41) is 0. The Bertz CT molecular complexity index is 273. The number of carbonyl (C=O) groups is 1. The molecule has 1 rings (SSSR count). The van der Waals surface area contributed by atoms with Crippen LogP contribution in [0.4, 0.5) is 4.79 Å². The maximum Gasteiger partial charge on any atom is 0.320 e. The monoisotopic (exact) mass is 258 g/mol. The Morgan fingerprint density at radius 1 is 1.24 bits per heavy atom. The summed E-state index contributed by atoms with van der Waals surface area (Å²) in [7, 11) is 0. The summed E-state index contributed by atoms with van der Waals surface area (Å²) in [5.41, 5.74) is 5.51. The molecule has 17 heavy (non-hydrogen) atoms.